The summed E-state index contributed by atoms with van der Waals surface area (Å²) < 4.78 is 26.5. The number of phenols is 1. The molecule has 0 aliphatic rings. The van der Waals surface area contributed by atoms with Crippen LogP contribution in [0.2, 0.25) is 0 Å². The van der Waals surface area contributed by atoms with Crippen LogP contribution in [0.4, 0.5) is 0 Å². The molecule has 0 heterocycles. The molecule has 172 valence electrons. The first kappa shape index (κ1) is 22.5. The van der Waals surface area contributed by atoms with Crippen molar-refractivity contribution in [2.24, 2.45) is 0 Å². The largest absolute Gasteiger partial charge is 0.508 e. The smallest absolute Gasteiger partial charge is 0.171 e. The third-order valence-electron chi connectivity index (χ3n) is 5.57. The van der Waals surface area contributed by atoms with E-state index in [1.807, 2.05) is 109 Å². The fraction of sp³-hybridized carbons (Fsp3) is 0. The molecule has 5 aromatic rings. The van der Waals surface area contributed by atoms with E-state index >= 15 is 0 Å². The summed E-state index contributed by atoms with van der Waals surface area (Å²) >= 11 is 0. The third kappa shape index (κ3) is 4.98. The average Bonchev–Trinajstić information content (AvgIpc) is 2.91. The lowest BCUT2D eigenvalue weighted by atomic mass is 10.3. The Morgan fingerprint density at radius 2 is 0.743 bits per heavy atom. The van der Waals surface area contributed by atoms with Gasteiger partial charge in [-0.05, 0) is 97.1 Å². The highest BCUT2D eigenvalue weighted by Crippen LogP contribution is 2.43. The predicted molar refractivity (Wildman–Crippen MR) is 141 cm³/mol. The summed E-state index contributed by atoms with van der Waals surface area (Å²) in [5.74, 6) is 2.90. The van der Waals surface area contributed by atoms with Gasteiger partial charge in [0.15, 0.2) is 7.14 Å². The fourth-order valence-corrected chi connectivity index (χ4v) is 6.41. The number of hydrogen-bond acceptors (Lipinski definition) is 4. The van der Waals surface area contributed by atoms with Gasteiger partial charge in [0.2, 0.25) is 0 Å². The van der Waals surface area contributed by atoms with Gasteiger partial charge in [-0.25, -0.2) is 0 Å². The van der Waals surface area contributed by atoms with E-state index in [2.05, 4.69) is 0 Å². The molecule has 0 spiro atoms. The van der Waals surface area contributed by atoms with E-state index < -0.39 is 7.14 Å². The molecule has 0 aliphatic heterocycles. The summed E-state index contributed by atoms with van der Waals surface area (Å²) in [6, 6.07) is 40.2. The SMILES string of the molecule is O=P(c1ccc(O)cc1)(c1ccc(Oc2ccccc2)cc1)c1ccc(Oc2ccccc2)cc1. The van der Waals surface area contributed by atoms with Gasteiger partial charge in [-0.2, -0.15) is 0 Å². The molecule has 4 nitrogen and oxygen atoms in total. The molecule has 5 aromatic carbocycles. The van der Waals surface area contributed by atoms with Gasteiger partial charge in [0.25, 0.3) is 0 Å². The quantitative estimate of drug-likeness (QED) is 0.267. The van der Waals surface area contributed by atoms with Gasteiger partial charge in [0.1, 0.15) is 28.7 Å². The van der Waals surface area contributed by atoms with Crippen molar-refractivity contribution in [2.45, 2.75) is 0 Å². The van der Waals surface area contributed by atoms with Crippen LogP contribution in [0.3, 0.4) is 0 Å². The van der Waals surface area contributed by atoms with Crippen LogP contribution in [0.5, 0.6) is 28.7 Å². The second-order valence-corrected chi connectivity index (χ2v) is 10.7. The Bertz CT molecular complexity index is 1340. The molecule has 0 unspecified atom stereocenters. The van der Waals surface area contributed by atoms with Crippen LogP contribution in [-0.4, -0.2) is 5.11 Å². The minimum absolute atomic E-state index is 0.124. The highest BCUT2D eigenvalue weighted by atomic mass is 31.2. The monoisotopic (exact) mass is 478 g/mol. The highest BCUT2D eigenvalue weighted by molar-refractivity contribution is 7.85. The van der Waals surface area contributed by atoms with Crippen LogP contribution < -0.4 is 25.4 Å². The molecule has 0 fully saturated rings. The van der Waals surface area contributed by atoms with Crippen LogP contribution in [0.15, 0.2) is 133 Å². The molecule has 0 bridgehead atoms. The molecule has 0 aliphatic carbocycles. The lowest BCUT2D eigenvalue weighted by Crippen LogP contribution is -2.24. The second-order valence-electron chi connectivity index (χ2n) is 7.94. The van der Waals surface area contributed by atoms with E-state index in [1.165, 1.54) is 0 Å². The summed E-state index contributed by atoms with van der Waals surface area (Å²) in [5.41, 5.74) is 0. The van der Waals surface area contributed by atoms with E-state index in [4.69, 9.17) is 9.47 Å². The number of ether oxygens (including phenoxy) is 2. The first-order valence-corrected chi connectivity index (χ1v) is 12.9. The maximum atomic E-state index is 14.7. The molecule has 35 heavy (non-hydrogen) atoms. The van der Waals surface area contributed by atoms with Crippen molar-refractivity contribution >= 4 is 23.1 Å². The topological polar surface area (TPSA) is 55.8 Å². The Hall–Kier alpha value is -4.27. The summed E-state index contributed by atoms with van der Waals surface area (Å²) in [6.07, 6.45) is 0. The highest BCUT2D eigenvalue weighted by Gasteiger charge is 2.30. The van der Waals surface area contributed by atoms with E-state index in [0.29, 0.717) is 27.4 Å². The minimum Gasteiger partial charge on any atom is -0.508 e. The molecule has 0 saturated heterocycles. The van der Waals surface area contributed by atoms with Crippen LogP contribution in [0.1, 0.15) is 0 Å². The van der Waals surface area contributed by atoms with Crippen LogP contribution in [-0.2, 0) is 4.57 Å². The van der Waals surface area contributed by atoms with E-state index in [1.54, 1.807) is 24.3 Å². The summed E-state index contributed by atoms with van der Waals surface area (Å²) in [5, 5.41) is 11.8. The van der Waals surface area contributed by atoms with Gasteiger partial charge >= 0.3 is 0 Å². The fourth-order valence-electron chi connectivity index (χ4n) is 3.81. The molecule has 0 amide bonds. The maximum absolute atomic E-state index is 14.7. The first-order valence-electron chi connectivity index (χ1n) is 11.2. The van der Waals surface area contributed by atoms with E-state index in [0.717, 1.165) is 11.5 Å². The molecule has 5 heteroatoms. The molecule has 0 saturated carbocycles. The Balaban J connectivity index is 1.49. The van der Waals surface area contributed by atoms with Gasteiger partial charge in [-0.3, -0.25) is 0 Å². The van der Waals surface area contributed by atoms with Crippen molar-refractivity contribution in [3.05, 3.63) is 133 Å². The molecule has 5 rings (SSSR count). The van der Waals surface area contributed by atoms with Crippen molar-refractivity contribution in [1.29, 1.82) is 0 Å². The second kappa shape index (κ2) is 9.92. The van der Waals surface area contributed by atoms with Gasteiger partial charge < -0.3 is 19.1 Å². The zero-order valence-corrected chi connectivity index (χ0v) is 19.7. The Morgan fingerprint density at radius 1 is 0.429 bits per heavy atom. The summed E-state index contributed by atoms with van der Waals surface area (Å²) in [7, 11) is -3.22. The number of para-hydroxylation sites is 2. The van der Waals surface area contributed by atoms with E-state index in [-0.39, 0.29) is 5.75 Å². The molecule has 0 atom stereocenters. The number of aromatic hydroxyl groups is 1. The molecular weight excluding hydrogens is 455 g/mol. The molecule has 1 N–H and O–H groups in total. The van der Waals surface area contributed by atoms with Crippen molar-refractivity contribution in [3.8, 4) is 28.7 Å². The Morgan fingerprint density at radius 3 is 1.11 bits per heavy atom. The van der Waals surface area contributed by atoms with Crippen molar-refractivity contribution in [3.63, 3.8) is 0 Å². The summed E-state index contributed by atoms with van der Waals surface area (Å²) in [4.78, 5) is 0. The van der Waals surface area contributed by atoms with Crippen molar-refractivity contribution in [2.75, 3.05) is 0 Å². The number of hydrogen-bond donors (Lipinski definition) is 1. The number of benzene rings is 5. The normalized spacial score (nSPS) is 11.1. The lowest BCUT2D eigenvalue weighted by Gasteiger charge is -2.21. The molecule has 0 aromatic heterocycles. The summed E-state index contributed by atoms with van der Waals surface area (Å²) in [6.45, 7) is 0. The number of rotatable bonds is 7. The van der Waals surface area contributed by atoms with Gasteiger partial charge in [0.05, 0.1) is 0 Å². The zero-order chi connectivity index (χ0) is 24.1. The van der Waals surface area contributed by atoms with Crippen LogP contribution >= 0.6 is 7.14 Å². The maximum Gasteiger partial charge on any atom is 0.171 e. The van der Waals surface area contributed by atoms with Crippen molar-refractivity contribution < 1.29 is 19.1 Å². The van der Waals surface area contributed by atoms with Crippen LogP contribution in [0, 0.1) is 0 Å². The van der Waals surface area contributed by atoms with Crippen molar-refractivity contribution in [1.82, 2.24) is 0 Å². The predicted octanol–water partition coefficient (Wildman–Crippen LogP) is 6.62. The molecule has 0 radical (unpaired) electrons. The number of phenolic OH excluding ortho intramolecular Hbond substituents is 1. The van der Waals surface area contributed by atoms with Crippen LogP contribution in [0.25, 0.3) is 0 Å². The van der Waals surface area contributed by atoms with Gasteiger partial charge in [-0.15, -0.1) is 0 Å². The average molecular weight is 478 g/mol. The van der Waals surface area contributed by atoms with E-state index in [9.17, 15) is 9.67 Å². The van der Waals surface area contributed by atoms with Gasteiger partial charge in [0, 0.05) is 15.9 Å². The zero-order valence-electron chi connectivity index (χ0n) is 18.8. The Labute approximate surface area is 204 Å². The molecular formula is C30H23O4P. The third-order valence-corrected chi connectivity index (χ3v) is 8.65. The lowest BCUT2D eigenvalue weighted by molar-refractivity contribution is 0.475. The minimum atomic E-state index is -3.22. The van der Waals surface area contributed by atoms with Gasteiger partial charge in [-0.1, -0.05) is 36.4 Å². The standard InChI is InChI=1S/C30H23O4P/c31-23-11-17-28(18-12-23)35(32,29-19-13-26(14-20-29)33-24-7-3-1-4-8-24)30-21-15-27(16-22-30)34-25-9-5-2-6-10-25/h1-22,31H. The first-order chi connectivity index (χ1) is 17.1. The Kier molecular flexibility index (Phi) is 6.38.